The molecule has 0 aliphatic heterocycles. The summed E-state index contributed by atoms with van der Waals surface area (Å²) in [7, 11) is 0. The highest BCUT2D eigenvalue weighted by atomic mass is 79.9. The van der Waals surface area contributed by atoms with Crippen molar-refractivity contribution in [2.45, 2.75) is 19.9 Å². The van der Waals surface area contributed by atoms with Gasteiger partial charge in [0.15, 0.2) is 0 Å². The maximum Gasteiger partial charge on any atom is 0.138 e. The van der Waals surface area contributed by atoms with Crippen molar-refractivity contribution in [3.05, 3.63) is 61.5 Å². The van der Waals surface area contributed by atoms with Crippen molar-refractivity contribution >= 4 is 43.5 Å². The SMILES string of the molecule is CCOc1c(Br)cc(Br)cc1CNCCc1ccc(Cl)cc1. The van der Waals surface area contributed by atoms with Gasteiger partial charge in [-0.05, 0) is 65.6 Å². The van der Waals surface area contributed by atoms with Crippen molar-refractivity contribution in [2.24, 2.45) is 0 Å². The van der Waals surface area contributed by atoms with Gasteiger partial charge < -0.3 is 10.1 Å². The number of hydrogen-bond acceptors (Lipinski definition) is 2. The van der Waals surface area contributed by atoms with Crippen molar-refractivity contribution in [1.82, 2.24) is 5.32 Å². The van der Waals surface area contributed by atoms with Gasteiger partial charge in [0.1, 0.15) is 5.75 Å². The predicted octanol–water partition coefficient (Wildman–Crippen LogP) is 5.60. The molecular weight excluding hydrogens is 429 g/mol. The molecule has 0 aromatic heterocycles. The first-order valence-corrected chi connectivity index (χ1v) is 9.12. The fraction of sp³-hybridized carbons (Fsp3) is 0.294. The maximum absolute atomic E-state index is 5.89. The Balaban J connectivity index is 1.92. The molecule has 0 bridgehead atoms. The van der Waals surface area contributed by atoms with Crippen LogP contribution in [-0.2, 0) is 13.0 Å². The van der Waals surface area contributed by atoms with Crippen molar-refractivity contribution in [2.75, 3.05) is 13.2 Å². The van der Waals surface area contributed by atoms with E-state index in [9.17, 15) is 0 Å². The minimum absolute atomic E-state index is 0.651. The van der Waals surface area contributed by atoms with Gasteiger partial charge in [0.05, 0.1) is 11.1 Å². The van der Waals surface area contributed by atoms with Crippen LogP contribution in [0.4, 0.5) is 0 Å². The van der Waals surface area contributed by atoms with E-state index in [-0.39, 0.29) is 0 Å². The van der Waals surface area contributed by atoms with Crippen LogP contribution in [0.5, 0.6) is 5.75 Å². The molecular formula is C17H18Br2ClNO. The number of halogens is 3. The lowest BCUT2D eigenvalue weighted by atomic mass is 10.1. The molecule has 2 rings (SSSR count). The van der Waals surface area contributed by atoms with Crippen LogP contribution in [0, 0.1) is 0 Å². The average molecular weight is 448 g/mol. The van der Waals surface area contributed by atoms with E-state index in [0.29, 0.717) is 6.61 Å². The minimum Gasteiger partial charge on any atom is -0.492 e. The number of nitrogens with one attached hydrogen (secondary N) is 1. The number of rotatable bonds is 7. The second-order valence-electron chi connectivity index (χ2n) is 4.86. The third kappa shape index (κ3) is 5.27. The van der Waals surface area contributed by atoms with E-state index in [1.807, 2.05) is 25.1 Å². The minimum atomic E-state index is 0.651. The number of ether oxygens (including phenoxy) is 1. The van der Waals surface area contributed by atoms with Crippen LogP contribution in [0.25, 0.3) is 0 Å². The maximum atomic E-state index is 5.89. The fourth-order valence-electron chi connectivity index (χ4n) is 2.16. The lowest BCUT2D eigenvalue weighted by Gasteiger charge is -2.14. The second-order valence-corrected chi connectivity index (χ2v) is 7.07. The van der Waals surface area contributed by atoms with Gasteiger partial charge in [-0.1, -0.05) is 39.7 Å². The Morgan fingerprint density at radius 1 is 1.14 bits per heavy atom. The van der Waals surface area contributed by atoms with E-state index in [1.165, 1.54) is 5.56 Å². The predicted molar refractivity (Wildman–Crippen MR) is 99.9 cm³/mol. The summed E-state index contributed by atoms with van der Waals surface area (Å²) in [4.78, 5) is 0. The molecule has 0 heterocycles. The normalized spacial score (nSPS) is 10.7. The molecule has 0 atom stereocenters. The lowest BCUT2D eigenvalue weighted by Crippen LogP contribution is -2.17. The summed E-state index contributed by atoms with van der Waals surface area (Å²) in [5, 5.41) is 4.24. The molecule has 0 saturated carbocycles. The van der Waals surface area contributed by atoms with Crippen molar-refractivity contribution in [1.29, 1.82) is 0 Å². The first-order valence-electron chi connectivity index (χ1n) is 7.16. The van der Waals surface area contributed by atoms with Crippen molar-refractivity contribution < 1.29 is 4.74 Å². The summed E-state index contributed by atoms with van der Waals surface area (Å²) in [6.07, 6.45) is 0.969. The van der Waals surface area contributed by atoms with Gasteiger partial charge in [0, 0.05) is 21.6 Å². The van der Waals surface area contributed by atoms with Gasteiger partial charge in [-0.25, -0.2) is 0 Å². The molecule has 22 heavy (non-hydrogen) atoms. The van der Waals surface area contributed by atoms with Gasteiger partial charge in [-0.15, -0.1) is 0 Å². The fourth-order valence-corrected chi connectivity index (χ4v) is 3.71. The third-order valence-electron chi connectivity index (χ3n) is 3.19. The summed E-state index contributed by atoms with van der Waals surface area (Å²) >= 11 is 13.0. The molecule has 5 heteroatoms. The largest absolute Gasteiger partial charge is 0.492 e. The van der Waals surface area contributed by atoms with Crippen LogP contribution >= 0.6 is 43.5 Å². The average Bonchev–Trinajstić information content (AvgIpc) is 2.48. The Hall–Kier alpha value is -0.550. The number of benzene rings is 2. The highest BCUT2D eigenvalue weighted by molar-refractivity contribution is 9.11. The first-order chi connectivity index (χ1) is 10.6. The zero-order chi connectivity index (χ0) is 15.9. The van der Waals surface area contributed by atoms with Crippen LogP contribution in [0.2, 0.25) is 5.02 Å². The Labute approximate surface area is 153 Å². The Morgan fingerprint density at radius 3 is 2.55 bits per heavy atom. The quantitative estimate of drug-likeness (QED) is 0.558. The monoisotopic (exact) mass is 445 g/mol. The van der Waals surface area contributed by atoms with Crippen LogP contribution < -0.4 is 10.1 Å². The van der Waals surface area contributed by atoms with Gasteiger partial charge in [0.2, 0.25) is 0 Å². The van der Waals surface area contributed by atoms with Crippen LogP contribution in [0.3, 0.4) is 0 Å². The molecule has 0 radical (unpaired) electrons. The molecule has 0 unspecified atom stereocenters. The zero-order valence-corrected chi connectivity index (χ0v) is 16.3. The molecule has 0 aliphatic rings. The highest BCUT2D eigenvalue weighted by Crippen LogP contribution is 2.32. The highest BCUT2D eigenvalue weighted by Gasteiger charge is 2.09. The lowest BCUT2D eigenvalue weighted by molar-refractivity contribution is 0.333. The molecule has 0 spiro atoms. The van der Waals surface area contributed by atoms with Crippen LogP contribution in [0.1, 0.15) is 18.1 Å². The zero-order valence-electron chi connectivity index (χ0n) is 12.3. The summed E-state index contributed by atoms with van der Waals surface area (Å²) < 4.78 is 7.74. The van der Waals surface area contributed by atoms with Crippen LogP contribution in [0.15, 0.2) is 45.3 Å². The van der Waals surface area contributed by atoms with Gasteiger partial charge >= 0.3 is 0 Å². The molecule has 0 fully saturated rings. The standard InChI is InChI=1S/C17H18Br2ClNO/c1-2-22-17-13(9-14(18)10-16(17)19)11-21-8-7-12-3-5-15(20)6-4-12/h3-6,9-10,21H,2,7-8,11H2,1H3. The van der Waals surface area contributed by atoms with Crippen molar-refractivity contribution in [3.8, 4) is 5.75 Å². The second kappa shape index (κ2) is 8.92. The van der Waals surface area contributed by atoms with Gasteiger partial charge in [-0.3, -0.25) is 0 Å². The molecule has 2 aromatic carbocycles. The Morgan fingerprint density at radius 2 is 1.86 bits per heavy atom. The molecule has 1 N–H and O–H groups in total. The summed E-state index contributed by atoms with van der Waals surface area (Å²) in [5.74, 6) is 0.907. The molecule has 0 amide bonds. The first kappa shape index (κ1) is 17.8. The summed E-state index contributed by atoms with van der Waals surface area (Å²) in [6, 6.07) is 12.1. The van der Waals surface area contributed by atoms with E-state index in [2.05, 4.69) is 55.4 Å². The molecule has 0 saturated heterocycles. The molecule has 118 valence electrons. The smallest absolute Gasteiger partial charge is 0.138 e. The topological polar surface area (TPSA) is 21.3 Å². The van der Waals surface area contributed by atoms with E-state index < -0.39 is 0 Å². The molecule has 2 nitrogen and oxygen atoms in total. The molecule has 2 aromatic rings. The van der Waals surface area contributed by atoms with E-state index in [0.717, 1.165) is 44.8 Å². The van der Waals surface area contributed by atoms with Crippen molar-refractivity contribution in [3.63, 3.8) is 0 Å². The van der Waals surface area contributed by atoms with E-state index >= 15 is 0 Å². The molecule has 0 aliphatic carbocycles. The Bertz CT molecular complexity index is 617. The van der Waals surface area contributed by atoms with E-state index in [1.54, 1.807) is 0 Å². The van der Waals surface area contributed by atoms with Gasteiger partial charge in [0.25, 0.3) is 0 Å². The third-order valence-corrected chi connectivity index (χ3v) is 4.49. The van der Waals surface area contributed by atoms with Crippen LogP contribution in [-0.4, -0.2) is 13.2 Å². The Kier molecular flexibility index (Phi) is 7.22. The number of hydrogen-bond donors (Lipinski definition) is 1. The summed E-state index contributed by atoms with van der Waals surface area (Å²) in [6.45, 7) is 4.31. The summed E-state index contributed by atoms with van der Waals surface area (Å²) in [5.41, 5.74) is 2.41. The van der Waals surface area contributed by atoms with Gasteiger partial charge in [-0.2, -0.15) is 0 Å². The van der Waals surface area contributed by atoms with E-state index in [4.69, 9.17) is 16.3 Å².